The van der Waals surface area contributed by atoms with Gasteiger partial charge >= 0.3 is 5.97 Å². The minimum absolute atomic E-state index is 0.0852. The van der Waals surface area contributed by atoms with Crippen LogP contribution in [-0.4, -0.2) is 31.9 Å². The van der Waals surface area contributed by atoms with Gasteiger partial charge in [0.2, 0.25) is 10.0 Å². The van der Waals surface area contributed by atoms with Crippen molar-refractivity contribution in [2.75, 3.05) is 11.9 Å². The van der Waals surface area contributed by atoms with Crippen LogP contribution in [0.4, 0.5) is 5.69 Å². The van der Waals surface area contributed by atoms with E-state index in [1.807, 2.05) is 16.9 Å². The summed E-state index contributed by atoms with van der Waals surface area (Å²) in [6.07, 6.45) is 0. The molecular weight excluding hydrogens is 356 g/mol. The molecule has 1 amide bonds. The van der Waals surface area contributed by atoms with Crippen LogP contribution in [0.25, 0.3) is 0 Å². The van der Waals surface area contributed by atoms with Gasteiger partial charge in [0.25, 0.3) is 5.91 Å². The maximum absolute atomic E-state index is 12.2. The summed E-state index contributed by atoms with van der Waals surface area (Å²) in [6.45, 7) is 3.43. The van der Waals surface area contributed by atoms with Gasteiger partial charge in [-0.2, -0.15) is 4.72 Å². The molecule has 8 heteroatoms. The van der Waals surface area contributed by atoms with Gasteiger partial charge in [0, 0.05) is 11.3 Å². The summed E-state index contributed by atoms with van der Waals surface area (Å²) in [5, 5.41) is 11.2. The fourth-order valence-corrected chi connectivity index (χ4v) is 3.15. The minimum atomic E-state index is -3.91. The molecule has 0 radical (unpaired) electrons. The largest absolute Gasteiger partial charge is 0.480 e. The zero-order valence-corrected chi connectivity index (χ0v) is 15.2. The number of aliphatic carboxylic acids is 1. The van der Waals surface area contributed by atoms with Crippen molar-refractivity contribution in [3.05, 3.63) is 59.7 Å². The quantitative estimate of drug-likeness (QED) is 0.687. The van der Waals surface area contributed by atoms with E-state index in [-0.39, 0.29) is 10.8 Å². The normalized spacial score (nSPS) is 11.3. The van der Waals surface area contributed by atoms with Crippen molar-refractivity contribution < 1.29 is 23.1 Å². The van der Waals surface area contributed by atoms with Gasteiger partial charge in [-0.3, -0.25) is 9.59 Å². The van der Waals surface area contributed by atoms with Crippen molar-refractivity contribution in [1.29, 1.82) is 0 Å². The van der Waals surface area contributed by atoms with Crippen LogP contribution in [0.3, 0.4) is 0 Å². The fraction of sp³-hybridized carbons (Fsp3) is 0.222. The third-order valence-corrected chi connectivity index (χ3v) is 5.09. The highest BCUT2D eigenvalue weighted by Crippen LogP contribution is 2.17. The molecule has 0 aromatic heterocycles. The molecule has 26 heavy (non-hydrogen) atoms. The number of carboxylic acid groups (broad SMARTS) is 1. The molecule has 0 saturated carbocycles. The molecule has 0 fully saturated rings. The lowest BCUT2D eigenvalue weighted by Crippen LogP contribution is -2.29. The highest BCUT2D eigenvalue weighted by Gasteiger charge is 2.15. The maximum Gasteiger partial charge on any atom is 0.318 e. The second-order valence-electron chi connectivity index (χ2n) is 5.97. The standard InChI is InChI=1S/C18H20N2O5S/c1-12(2)13-3-5-14(6-4-13)18(23)20-15-7-9-16(10-8-15)26(24,25)19-11-17(21)22/h3-10,12,19H,11H2,1-2H3,(H,20,23)(H,21,22). The summed E-state index contributed by atoms with van der Waals surface area (Å²) < 4.78 is 25.8. The third-order valence-electron chi connectivity index (χ3n) is 3.68. The summed E-state index contributed by atoms with van der Waals surface area (Å²) in [7, 11) is -3.91. The van der Waals surface area contributed by atoms with Crippen LogP contribution in [0.1, 0.15) is 35.7 Å². The first-order valence-corrected chi connectivity index (χ1v) is 9.40. The summed E-state index contributed by atoms with van der Waals surface area (Å²) in [6, 6.07) is 12.7. The van der Waals surface area contributed by atoms with Gasteiger partial charge in [-0.15, -0.1) is 0 Å². The molecule has 2 rings (SSSR count). The number of nitrogens with one attached hydrogen (secondary N) is 2. The Balaban J connectivity index is 2.06. The van der Waals surface area contributed by atoms with Gasteiger partial charge < -0.3 is 10.4 Å². The number of carbonyl (C=O) groups is 2. The SMILES string of the molecule is CC(C)c1ccc(C(=O)Nc2ccc(S(=O)(=O)NCC(=O)O)cc2)cc1. The van der Waals surface area contributed by atoms with Gasteiger partial charge in [0.05, 0.1) is 4.90 Å². The Bertz CT molecular complexity index is 888. The lowest BCUT2D eigenvalue weighted by Gasteiger charge is -2.09. The molecule has 0 unspecified atom stereocenters. The molecule has 0 atom stereocenters. The van der Waals surface area contributed by atoms with E-state index in [1.165, 1.54) is 24.3 Å². The van der Waals surface area contributed by atoms with Gasteiger partial charge in [0.1, 0.15) is 6.54 Å². The number of benzene rings is 2. The highest BCUT2D eigenvalue weighted by molar-refractivity contribution is 7.89. The smallest absolute Gasteiger partial charge is 0.318 e. The van der Waals surface area contributed by atoms with Crippen molar-refractivity contribution in [1.82, 2.24) is 4.72 Å². The first kappa shape index (κ1) is 19.6. The van der Waals surface area contributed by atoms with E-state index >= 15 is 0 Å². The monoisotopic (exact) mass is 376 g/mol. The first-order chi connectivity index (χ1) is 12.2. The van der Waals surface area contributed by atoms with Crippen molar-refractivity contribution in [3.63, 3.8) is 0 Å². The summed E-state index contributed by atoms with van der Waals surface area (Å²) in [4.78, 5) is 22.6. The minimum Gasteiger partial charge on any atom is -0.480 e. The second-order valence-corrected chi connectivity index (χ2v) is 7.74. The summed E-state index contributed by atoms with van der Waals surface area (Å²) in [5.41, 5.74) is 2.05. The van der Waals surface area contributed by atoms with E-state index in [4.69, 9.17) is 5.11 Å². The van der Waals surface area contributed by atoms with Crippen molar-refractivity contribution >= 4 is 27.6 Å². The van der Waals surface area contributed by atoms with Gasteiger partial charge in [-0.1, -0.05) is 26.0 Å². The van der Waals surface area contributed by atoms with Crippen molar-refractivity contribution in [2.24, 2.45) is 0 Å². The Hall–Kier alpha value is -2.71. The molecule has 0 aliphatic heterocycles. The van der Waals surface area contributed by atoms with E-state index < -0.39 is 22.5 Å². The van der Waals surface area contributed by atoms with Gasteiger partial charge in [0.15, 0.2) is 0 Å². The van der Waals surface area contributed by atoms with Crippen LogP contribution >= 0.6 is 0 Å². The predicted octanol–water partition coefficient (Wildman–Crippen LogP) is 2.43. The molecule has 0 spiro atoms. The molecule has 2 aromatic carbocycles. The Morgan fingerprint density at radius 1 is 1.00 bits per heavy atom. The van der Waals surface area contributed by atoms with Crippen LogP contribution in [-0.2, 0) is 14.8 Å². The number of carboxylic acids is 1. The van der Waals surface area contributed by atoms with E-state index in [2.05, 4.69) is 19.2 Å². The number of rotatable bonds is 7. The number of amides is 1. The van der Waals surface area contributed by atoms with Gasteiger partial charge in [-0.05, 0) is 47.9 Å². The topological polar surface area (TPSA) is 113 Å². The van der Waals surface area contributed by atoms with E-state index in [1.54, 1.807) is 12.1 Å². The number of sulfonamides is 1. The summed E-state index contributed by atoms with van der Waals surface area (Å²) >= 11 is 0. The number of hydrogen-bond acceptors (Lipinski definition) is 4. The molecule has 138 valence electrons. The van der Waals surface area contributed by atoms with Crippen LogP contribution < -0.4 is 10.0 Å². The average molecular weight is 376 g/mol. The predicted molar refractivity (Wildman–Crippen MR) is 97.8 cm³/mol. The lowest BCUT2D eigenvalue weighted by atomic mass is 10.0. The number of carbonyl (C=O) groups excluding carboxylic acids is 1. The van der Waals surface area contributed by atoms with E-state index in [9.17, 15) is 18.0 Å². The Morgan fingerprint density at radius 2 is 1.58 bits per heavy atom. The molecule has 7 nitrogen and oxygen atoms in total. The Kier molecular flexibility index (Phi) is 6.12. The third kappa shape index (κ3) is 5.14. The number of anilines is 1. The zero-order chi connectivity index (χ0) is 19.3. The van der Waals surface area contributed by atoms with Crippen LogP contribution in [0.15, 0.2) is 53.4 Å². The zero-order valence-electron chi connectivity index (χ0n) is 14.4. The molecule has 0 saturated heterocycles. The Morgan fingerprint density at radius 3 is 2.08 bits per heavy atom. The lowest BCUT2D eigenvalue weighted by molar-refractivity contribution is -0.135. The van der Waals surface area contributed by atoms with Gasteiger partial charge in [-0.25, -0.2) is 8.42 Å². The van der Waals surface area contributed by atoms with Crippen molar-refractivity contribution in [2.45, 2.75) is 24.7 Å². The van der Waals surface area contributed by atoms with Crippen LogP contribution in [0.2, 0.25) is 0 Å². The molecule has 0 aliphatic carbocycles. The molecule has 0 bridgehead atoms. The maximum atomic E-state index is 12.2. The van der Waals surface area contributed by atoms with Crippen molar-refractivity contribution in [3.8, 4) is 0 Å². The second kappa shape index (κ2) is 8.11. The van der Waals surface area contributed by atoms with E-state index in [0.717, 1.165) is 5.56 Å². The molecular formula is C18H20N2O5S. The molecule has 3 N–H and O–H groups in total. The average Bonchev–Trinajstić information content (AvgIpc) is 2.60. The summed E-state index contributed by atoms with van der Waals surface area (Å²) in [5.74, 6) is -1.21. The first-order valence-electron chi connectivity index (χ1n) is 7.92. The molecule has 0 heterocycles. The van der Waals surface area contributed by atoms with Crippen LogP contribution in [0, 0.1) is 0 Å². The molecule has 0 aliphatic rings. The Labute approximate surface area is 152 Å². The molecule has 2 aromatic rings. The fourth-order valence-electron chi connectivity index (χ4n) is 2.18. The number of hydrogen-bond donors (Lipinski definition) is 3. The van der Waals surface area contributed by atoms with E-state index in [0.29, 0.717) is 17.2 Å². The van der Waals surface area contributed by atoms with Crippen LogP contribution in [0.5, 0.6) is 0 Å². The highest BCUT2D eigenvalue weighted by atomic mass is 32.2.